The molecule has 0 unspecified atom stereocenters. The Morgan fingerprint density at radius 2 is 2.17 bits per heavy atom. The predicted octanol–water partition coefficient (Wildman–Crippen LogP) is 2.85. The van der Waals surface area contributed by atoms with Crippen molar-refractivity contribution in [2.75, 3.05) is 31.7 Å². The minimum atomic E-state index is 0.269. The van der Waals surface area contributed by atoms with Gasteiger partial charge in [-0.1, -0.05) is 13.0 Å². The van der Waals surface area contributed by atoms with Gasteiger partial charge in [0.1, 0.15) is 5.75 Å². The van der Waals surface area contributed by atoms with E-state index in [4.69, 9.17) is 9.47 Å². The van der Waals surface area contributed by atoms with Gasteiger partial charge in [0.15, 0.2) is 0 Å². The Hall–Kier alpha value is -1.22. The fourth-order valence-electron chi connectivity index (χ4n) is 2.63. The van der Waals surface area contributed by atoms with Crippen molar-refractivity contribution < 1.29 is 9.47 Å². The number of hydrogen-bond acceptors (Lipinski definition) is 3. The maximum absolute atomic E-state index is 5.98. The van der Waals surface area contributed by atoms with Crippen LogP contribution in [0.1, 0.15) is 25.3 Å². The normalized spacial score (nSPS) is 21.2. The summed E-state index contributed by atoms with van der Waals surface area (Å²) in [4.78, 5) is 0. The Morgan fingerprint density at radius 3 is 3.00 bits per heavy atom. The Morgan fingerprint density at radius 1 is 1.33 bits per heavy atom. The van der Waals surface area contributed by atoms with Crippen LogP contribution in [0.5, 0.6) is 5.75 Å². The second-order valence-electron chi connectivity index (χ2n) is 5.71. The highest BCUT2D eigenvalue weighted by molar-refractivity contribution is 5.58. The molecular formula is C15H21NO2. The summed E-state index contributed by atoms with van der Waals surface area (Å²) < 4.78 is 11.4. The molecule has 3 rings (SSSR count). The highest BCUT2D eigenvalue weighted by atomic mass is 16.5. The second kappa shape index (κ2) is 4.81. The van der Waals surface area contributed by atoms with Gasteiger partial charge in [0.25, 0.3) is 0 Å². The number of anilines is 1. The van der Waals surface area contributed by atoms with Gasteiger partial charge in [-0.15, -0.1) is 0 Å². The molecule has 0 bridgehead atoms. The lowest BCUT2D eigenvalue weighted by molar-refractivity contribution is 0.000320. The van der Waals surface area contributed by atoms with Gasteiger partial charge in [-0.05, 0) is 30.9 Å². The third kappa shape index (κ3) is 2.46. The van der Waals surface area contributed by atoms with Crippen molar-refractivity contribution in [3.63, 3.8) is 0 Å². The monoisotopic (exact) mass is 247 g/mol. The minimum Gasteiger partial charge on any atom is -0.493 e. The van der Waals surface area contributed by atoms with Crippen LogP contribution in [0.3, 0.4) is 0 Å². The molecule has 0 atom stereocenters. The van der Waals surface area contributed by atoms with Gasteiger partial charge in [-0.25, -0.2) is 0 Å². The average molecular weight is 247 g/mol. The molecule has 2 aliphatic heterocycles. The largest absolute Gasteiger partial charge is 0.493 e. The molecule has 3 heteroatoms. The molecule has 1 fully saturated rings. The summed E-state index contributed by atoms with van der Waals surface area (Å²) in [6.07, 6.45) is 3.32. The zero-order valence-corrected chi connectivity index (χ0v) is 11.0. The maximum atomic E-state index is 5.98. The van der Waals surface area contributed by atoms with Crippen LogP contribution in [0, 0.1) is 5.41 Å². The molecule has 0 radical (unpaired) electrons. The second-order valence-corrected chi connectivity index (χ2v) is 5.71. The Bertz CT molecular complexity index is 425. The summed E-state index contributed by atoms with van der Waals surface area (Å²) in [6.45, 7) is 5.86. The van der Waals surface area contributed by atoms with E-state index in [1.54, 1.807) is 0 Å². The molecule has 2 heterocycles. The van der Waals surface area contributed by atoms with Crippen molar-refractivity contribution in [1.82, 2.24) is 0 Å². The first-order valence-electron chi connectivity index (χ1n) is 6.83. The fourth-order valence-corrected chi connectivity index (χ4v) is 2.63. The van der Waals surface area contributed by atoms with Crippen molar-refractivity contribution in [2.24, 2.45) is 5.41 Å². The SMILES string of the molecule is CC1(COc2ccc3c(c2)NCC3)CCOCC1. The maximum Gasteiger partial charge on any atom is 0.121 e. The molecule has 98 valence electrons. The van der Waals surface area contributed by atoms with E-state index in [-0.39, 0.29) is 5.41 Å². The zero-order valence-electron chi connectivity index (χ0n) is 11.0. The third-order valence-corrected chi connectivity index (χ3v) is 4.08. The van der Waals surface area contributed by atoms with Gasteiger partial charge < -0.3 is 14.8 Å². The molecule has 1 aromatic rings. The summed E-state index contributed by atoms with van der Waals surface area (Å²) in [5.74, 6) is 0.982. The molecule has 3 nitrogen and oxygen atoms in total. The number of ether oxygens (including phenoxy) is 2. The van der Waals surface area contributed by atoms with E-state index in [1.807, 2.05) is 0 Å². The minimum absolute atomic E-state index is 0.269. The lowest BCUT2D eigenvalue weighted by Crippen LogP contribution is -2.32. The Kier molecular flexibility index (Phi) is 3.16. The summed E-state index contributed by atoms with van der Waals surface area (Å²) in [5, 5.41) is 3.39. The molecule has 1 aromatic carbocycles. The topological polar surface area (TPSA) is 30.5 Å². The lowest BCUT2D eigenvalue weighted by Gasteiger charge is -2.33. The van der Waals surface area contributed by atoms with Crippen molar-refractivity contribution >= 4 is 5.69 Å². The average Bonchev–Trinajstić information content (AvgIpc) is 2.85. The molecule has 2 aliphatic rings. The lowest BCUT2D eigenvalue weighted by atomic mass is 9.83. The van der Waals surface area contributed by atoms with Crippen LogP contribution in [0.25, 0.3) is 0 Å². The van der Waals surface area contributed by atoms with Crippen LogP contribution in [-0.4, -0.2) is 26.4 Å². The van der Waals surface area contributed by atoms with E-state index >= 15 is 0 Å². The van der Waals surface area contributed by atoms with E-state index in [2.05, 4.69) is 30.4 Å². The molecule has 0 aliphatic carbocycles. The van der Waals surface area contributed by atoms with Gasteiger partial charge in [-0.2, -0.15) is 0 Å². The van der Waals surface area contributed by atoms with Gasteiger partial charge in [0, 0.05) is 36.9 Å². The van der Waals surface area contributed by atoms with E-state index in [0.29, 0.717) is 0 Å². The molecule has 0 saturated carbocycles. The van der Waals surface area contributed by atoms with Gasteiger partial charge in [-0.3, -0.25) is 0 Å². The van der Waals surface area contributed by atoms with Gasteiger partial charge in [0.05, 0.1) is 6.61 Å². The van der Waals surface area contributed by atoms with Crippen LogP contribution in [0.15, 0.2) is 18.2 Å². The summed E-state index contributed by atoms with van der Waals surface area (Å²) in [7, 11) is 0. The van der Waals surface area contributed by atoms with E-state index in [9.17, 15) is 0 Å². The van der Waals surface area contributed by atoms with E-state index < -0.39 is 0 Å². The zero-order chi connectivity index (χ0) is 12.4. The molecule has 18 heavy (non-hydrogen) atoms. The first-order valence-corrected chi connectivity index (χ1v) is 6.83. The number of fused-ring (bicyclic) bond motifs is 1. The van der Waals surface area contributed by atoms with Crippen LogP contribution in [0.2, 0.25) is 0 Å². The summed E-state index contributed by atoms with van der Waals surface area (Å²) in [5.41, 5.74) is 2.91. The summed E-state index contributed by atoms with van der Waals surface area (Å²) >= 11 is 0. The summed E-state index contributed by atoms with van der Waals surface area (Å²) in [6, 6.07) is 6.40. The number of rotatable bonds is 3. The van der Waals surface area contributed by atoms with E-state index in [0.717, 1.165) is 51.4 Å². The van der Waals surface area contributed by atoms with Crippen molar-refractivity contribution in [2.45, 2.75) is 26.2 Å². The molecule has 1 N–H and O–H groups in total. The van der Waals surface area contributed by atoms with Crippen molar-refractivity contribution in [3.8, 4) is 5.75 Å². The van der Waals surface area contributed by atoms with Crippen LogP contribution in [-0.2, 0) is 11.2 Å². The first-order chi connectivity index (χ1) is 8.75. The van der Waals surface area contributed by atoms with E-state index in [1.165, 1.54) is 11.3 Å². The predicted molar refractivity (Wildman–Crippen MR) is 72.3 cm³/mol. The first kappa shape index (κ1) is 11.8. The molecule has 0 spiro atoms. The highest BCUT2D eigenvalue weighted by Crippen LogP contribution is 2.32. The van der Waals surface area contributed by atoms with Crippen LogP contribution >= 0.6 is 0 Å². The smallest absolute Gasteiger partial charge is 0.121 e. The third-order valence-electron chi connectivity index (χ3n) is 4.08. The molecule has 0 aromatic heterocycles. The number of nitrogens with one attached hydrogen (secondary N) is 1. The molecular weight excluding hydrogens is 226 g/mol. The molecule has 0 amide bonds. The fraction of sp³-hybridized carbons (Fsp3) is 0.600. The molecule has 1 saturated heterocycles. The van der Waals surface area contributed by atoms with Gasteiger partial charge >= 0.3 is 0 Å². The van der Waals surface area contributed by atoms with Crippen LogP contribution < -0.4 is 10.1 Å². The quantitative estimate of drug-likeness (QED) is 0.891. The standard InChI is InChI=1S/C15H21NO2/c1-15(5-8-17-9-6-15)11-18-13-3-2-12-4-7-16-14(12)10-13/h2-3,10,16H,4-9,11H2,1H3. The van der Waals surface area contributed by atoms with Crippen molar-refractivity contribution in [1.29, 1.82) is 0 Å². The highest BCUT2D eigenvalue weighted by Gasteiger charge is 2.28. The van der Waals surface area contributed by atoms with Crippen molar-refractivity contribution in [3.05, 3.63) is 23.8 Å². The Labute approximate surface area is 108 Å². The Balaban J connectivity index is 1.62. The van der Waals surface area contributed by atoms with Gasteiger partial charge in [0.2, 0.25) is 0 Å². The number of benzene rings is 1. The van der Waals surface area contributed by atoms with Crippen LogP contribution in [0.4, 0.5) is 5.69 Å². The number of hydrogen-bond donors (Lipinski definition) is 1.